The van der Waals surface area contributed by atoms with Crippen LogP contribution in [-0.2, 0) is 0 Å². The van der Waals surface area contributed by atoms with E-state index in [1.165, 1.54) is 12.8 Å². The molecule has 0 saturated carbocycles. The summed E-state index contributed by atoms with van der Waals surface area (Å²) in [5.41, 5.74) is 5.21. The summed E-state index contributed by atoms with van der Waals surface area (Å²) < 4.78 is 0. The maximum absolute atomic E-state index is 10.9. The molecule has 0 radical (unpaired) electrons. The molecule has 1 atom stereocenters. The highest BCUT2D eigenvalue weighted by Crippen LogP contribution is 2.19. The average molecular weight is 170 g/mol. The van der Waals surface area contributed by atoms with Crippen LogP contribution >= 0.6 is 0 Å². The average Bonchev–Trinajstić information content (AvgIpc) is 2.28. The first-order valence-corrected chi connectivity index (χ1v) is 4.78. The summed E-state index contributed by atoms with van der Waals surface area (Å²) in [6.07, 6.45) is 4.72. The zero-order valence-corrected chi connectivity index (χ0v) is 7.75. The van der Waals surface area contributed by atoms with Crippen molar-refractivity contribution in [2.75, 3.05) is 13.1 Å². The molecule has 3 heteroatoms. The Morgan fingerprint density at radius 2 is 2.25 bits per heavy atom. The molecule has 0 aliphatic carbocycles. The zero-order chi connectivity index (χ0) is 8.97. The first kappa shape index (κ1) is 9.36. The monoisotopic (exact) mass is 170 g/mol. The second-order valence-electron chi connectivity index (χ2n) is 3.53. The third-order valence-corrected chi connectivity index (χ3v) is 2.74. The Morgan fingerprint density at radius 1 is 1.50 bits per heavy atom. The Hall–Kier alpha value is -0.730. The van der Waals surface area contributed by atoms with Crippen LogP contribution in [-0.4, -0.2) is 24.0 Å². The SMILES string of the molecule is CCC1CCCN(C(N)=O)CC1. The second kappa shape index (κ2) is 4.33. The fraction of sp³-hybridized carbons (Fsp3) is 0.889. The molecule has 0 spiro atoms. The molecule has 12 heavy (non-hydrogen) atoms. The molecule has 0 aromatic carbocycles. The van der Waals surface area contributed by atoms with Crippen molar-refractivity contribution in [3.8, 4) is 0 Å². The molecule has 2 amide bonds. The van der Waals surface area contributed by atoms with Crippen LogP contribution in [0.3, 0.4) is 0 Å². The van der Waals surface area contributed by atoms with Gasteiger partial charge in [-0.2, -0.15) is 0 Å². The minimum Gasteiger partial charge on any atom is -0.351 e. The van der Waals surface area contributed by atoms with Crippen LogP contribution in [0.25, 0.3) is 0 Å². The fourth-order valence-corrected chi connectivity index (χ4v) is 1.79. The molecular weight excluding hydrogens is 152 g/mol. The van der Waals surface area contributed by atoms with Crippen LogP contribution in [0.5, 0.6) is 0 Å². The van der Waals surface area contributed by atoms with Crippen LogP contribution in [0, 0.1) is 5.92 Å². The van der Waals surface area contributed by atoms with Crippen molar-refractivity contribution in [2.45, 2.75) is 32.6 Å². The van der Waals surface area contributed by atoms with Gasteiger partial charge in [-0.3, -0.25) is 0 Å². The maximum atomic E-state index is 10.9. The third kappa shape index (κ3) is 2.40. The van der Waals surface area contributed by atoms with Gasteiger partial charge in [0.25, 0.3) is 0 Å². The standard InChI is InChI=1S/C9H18N2O/c1-2-8-4-3-6-11(7-5-8)9(10)12/h8H,2-7H2,1H3,(H2,10,12). The van der Waals surface area contributed by atoms with E-state index < -0.39 is 0 Å². The molecule has 1 rings (SSSR count). The van der Waals surface area contributed by atoms with Crippen LogP contribution in [0.15, 0.2) is 0 Å². The summed E-state index contributed by atoms with van der Waals surface area (Å²) in [6.45, 7) is 3.92. The van der Waals surface area contributed by atoms with E-state index in [0.29, 0.717) is 0 Å². The fourth-order valence-electron chi connectivity index (χ4n) is 1.79. The normalized spacial score (nSPS) is 25.1. The Balaban J connectivity index is 2.39. The van der Waals surface area contributed by atoms with Crippen molar-refractivity contribution in [1.82, 2.24) is 4.90 Å². The summed E-state index contributed by atoms with van der Waals surface area (Å²) in [6, 6.07) is -0.258. The molecule has 0 aromatic heterocycles. The van der Waals surface area contributed by atoms with E-state index in [9.17, 15) is 4.79 Å². The molecule has 70 valence electrons. The molecule has 0 aromatic rings. The summed E-state index contributed by atoms with van der Waals surface area (Å²) in [7, 11) is 0. The van der Waals surface area contributed by atoms with Crippen molar-refractivity contribution in [1.29, 1.82) is 0 Å². The first-order valence-electron chi connectivity index (χ1n) is 4.78. The lowest BCUT2D eigenvalue weighted by atomic mass is 9.98. The van der Waals surface area contributed by atoms with Crippen molar-refractivity contribution in [3.05, 3.63) is 0 Å². The molecular formula is C9H18N2O. The second-order valence-corrected chi connectivity index (χ2v) is 3.53. The van der Waals surface area contributed by atoms with Gasteiger partial charge in [0.1, 0.15) is 0 Å². The lowest BCUT2D eigenvalue weighted by Crippen LogP contribution is -2.36. The number of carbonyl (C=O) groups is 1. The minimum atomic E-state index is -0.258. The van der Waals surface area contributed by atoms with Gasteiger partial charge in [-0.1, -0.05) is 13.3 Å². The number of primary amides is 1. The molecule has 1 aliphatic rings. The van der Waals surface area contributed by atoms with Crippen molar-refractivity contribution < 1.29 is 4.79 Å². The molecule has 1 fully saturated rings. The van der Waals surface area contributed by atoms with Crippen LogP contribution in [0.2, 0.25) is 0 Å². The number of carbonyl (C=O) groups excluding carboxylic acids is 1. The topological polar surface area (TPSA) is 46.3 Å². The number of rotatable bonds is 1. The number of hydrogen-bond acceptors (Lipinski definition) is 1. The molecule has 0 bridgehead atoms. The predicted molar refractivity (Wildman–Crippen MR) is 48.8 cm³/mol. The quantitative estimate of drug-likeness (QED) is 0.638. The predicted octanol–water partition coefficient (Wildman–Crippen LogP) is 1.58. The number of nitrogens with two attached hydrogens (primary N) is 1. The Morgan fingerprint density at radius 3 is 2.83 bits per heavy atom. The van der Waals surface area contributed by atoms with Crippen molar-refractivity contribution in [3.63, 3.8) is 0 Å². The molecule has 1 heterocycles. The summed E-state index contributed by atoms with van der Waals surface area (Å²) in [5, 5.41) is 0. The van der Waals surface area contributed by atoms with E-state index in [0.717, 1.165) is 31.8 Å². The van der Waals surface area contributed by atoms with Gasteiger partial charge >= 0.3 is 6.03 Å². The number of amides is 2. The first-order chi connectivity index (χ1) is 5.74. The van der Waals surface area contributed by atoms with E-state index >= 15 is 0 Å². The van der Waals surface area contributed by atoms with Gasteiger partial charge in [-0.15, -0.1) is 0 Å². The van der Waals surface area contributed by atoms with Gasteiger partial charge in [0.15, 0.2) is 0 Å². The van der Waals surface area contributed by atoms with E-state index in [-0.39, 0.29) is 6.03 Å². The molecule has 3 nitrogen and oxygen atoms in total. The van der Waals surface area contributed by atoms with E-state index in [2.05, 4.69) is 6.92 Å². The third-order valence-electron chi connectivity index (χ3n) is 2.74. The minimum absolute atomic E-state index is 0.258. The van der Waals surface area contributed by atoms with Gasteiger partial charge in [0.05, 0.1) is 0 Å². The van der Waals surface area contributed by atoms with Crippen LogP contribution < -0.4 is 5.73 Å². The van der Waals surface area contributed by atoms with E-state index in [1.807, 2.05) is 0 Å². The molecule has 1 unspecified atom stereocenters. The van der Waals surface area contributed by atoms with Gasteiger partial charge in [-0.05, 0) is 25.2 Å². The zero-order valence-electron chi connectivity index (χ0n) is 7.75. The van der Waals surface area contributed by atoms with Crippen molar-refractivity contribution >= 4 is 6.03 Å². The largest absolute Gasteiger partial charge is 0.351 e. The smallest absolute Gasteiger partial charge is 0.314 e. The Labute approximate surface area is 73.9 Å². The summed E-state index contributed by atoms with van der Waals surface area (Å²) >= 11 is 0. The van der Waals surface area contributed by atoms with E-state index in [1.54, 1.807) is 4.90 Å². The van der Waals surface area contributed by atoms with Crippen molar-refractivity contribution in [2.24, 2.45) is 11.7 Å². The van der Waals surface area contributed by atoms with Gasteiger partial charge in [0, 0.05) is 13.1 Å². The Bertz CT molecular complexity index is 159. The lowest BCUT2D eigenvalue weighted by Gasteiger charge is -2.17. The summed E-state index contributed by atoms with van der Waals surface area (Å²) in [5.74, 6) is 0.800. The Kier molecular flexibility index (Phi) is 3.38. The lowest BCUT2D eigenvalue weighted by molar-refractivity contribution is 0.209. The van der Waals surface area contributed by atoms with Crippen LogP contribution in [0.4, 0.5) is 4.79 Å². The molecule has 1 aliphatic heterocycles. The highest BCUT2D eigenvalue weighted by Gasteiger charge is 2.17. The highest BCUT2D eigenvalue weighted by molar-refractivity contribution is 5.71. The highest BCUT2D eigenvalue weighted by atomic mass is 16.2. The van der Waals surface area contributed by atoms with Gasteiger partial charge < -0.3 is 10.6 Å². The number of urea groups is 1. The molecule has 2 N–H and O–H groups in total. The van der Waals surface area contributed by atoms with Crippen LogP contribution in [0.1, 0.15) is 32.6 Å². The maximum Gasteiger partial charge on any atom is 0.314 e. The van der Waals surface area contributed by atoms with Gasteiger partial charge in [0.2, 0.25) is 0 Å². The van der Waals surface area contributed by atoms with E-state index in [4.69, 9.17) is 5.73 Å². The summed E-state index contributed by atoms with van der Waals surface area (Å²) in [4.78, 5) is 12.6. The number of nitrogens with zero attached hydrogens (tertiary/aromatic N) is 1. The van der Waals surface area contributed by atoms with Gasteiger partial charge in [-0.25, -0.2) is 4.79 Å². The number of likely N-dealkylation sites (tertiary alicyclic amines) is 1. The number of hydrogen-bond donors (Lipinski definition) is 1. The molecule has 1 saturated heterocycles.